The maximum Gasteiger partial charge on any atom is 0.306 e. The largest absolute Gasteiger partial charge is 0.466 e. The van der Waals surface area contributed by atoms with Gasteiger partial charge in [0.15, 0.2) is 0 Å². The van der Waals surface area contributed by atoms with Crippen LogP contribution in [0.25, 0.3) is 0 Å². The summed E-state index contributed by atoms with van der Waals surface area (Å²) in [5.74, 6) is -0.348. The fraction of sp³-hybridized carbons (Fsp3) is 0.375. The van der Waals surface area contributed by atoms with E-state index in [0.29, 0.717) is 31.6 Å². The van der Waals surface area contributed by atoms with Crippen molar-refractivity contribution in [1.29, 1.82) is 0 Å². The second kappa shape index (κ2) is 8.91. The highest BCUT2D eigenvalue weighted by atomic mass is 16.5. The zero-order chi connectivity index (χ0) is 14.8. The van der Waals surface area contributed by atoms with E-state index < -0.39 is 0 Å². The van der Waals surface area contributed by atoms with Crippen LogP contribution in [0.15, 0.2) is 42.0 Å². The van der Waals surface area contributed by atoms with E-state index in [9.17, 15) is 9.59 Å². The van der Waals surface area contributed by atoms with Crippen LogP contribution in [-0.4, -0.2) is 18.5 Å². The Kier molecular flexibility index (Phi) is 7.11. The predicted molar refractivity (Wildman–Crippen MR) is 77.9 cm³/mol. The molecule has 1 aromatic carbocycles. The third-order valence-electron chi connectivity index (χ3n) is 2.76. The van der Waals surface area contributed by atoms with Crippen molar-refractivity contribution in [3.05, 3.63) is 47.5 Å². The summed E-state index contributed by atoms with van der Waals surface area (Å²) in [5, 5.41) is 2.84. The van der Waals surface area contributed by atoms with Gasteiger partial charge in [0.05, 0.1) is 6.61 Å². The van der Waals surface area contributed by atoms with Crippen LogP contribution < -0.4 is 5.32 Å². The van der Waals surface area contributed by atoms with Gasteiger partial charge in [0, 0.05) is 18.5 Å². The smallest absolute Gasteiger partial charge is 0.306 e. The van der Waals surface area contributed by atoms with Gasteiger partial charge < -0.3 is 10.1 Å². The van der Waals surface area contributed by atoms with Crippen molar-refractivity contribution in [3.63, 3.8) is 0 Å². The molecule has 4 nitrogen and oxygen atoms in total. The molecule has 1 rings (SSSR count). The van der Waals surface area contributed by atoms with Crippen molar-refractivity contribution in [1.82, 2.24) is 5.32 Å². The fourth-order valence-electron chi connectivity index (χ4n) is 1.65. The Labute approximate surface area is 119 Å². The van der Waals surface area contributed by atoms with Gasteiger partial charge in [-0.25, -0.2) is 0 Å². The molecule has 0 unspecified atom stereocenters. The third-order valence-corrected chi connectivity index (χ3v) is 2.76. The van der Waals surface area contributed by atoms with Crippen LogP contribution in [0.2, 0.25) is 0 Å². The van der Waals surface area contributed by atoms with Gasteiger partial charge in [-0.2, -0.15) is 0 Å². The van der Waals surface area contributed by atoms with Gasteiger partial charge in [-0.05, 0) is 25.8 Å². The predicted octanol–water partition coefficient (Wildman–Crippen LogP) is 2.59. The summed E-state index contributed by atoms with van der Waals surface area (Å²) in [4.78, 5) is 23.0. The van der Waals surface area contributed by atoms with Crippen LogP contribution >= 0.6 is 0 Å². The van der Waals surface area contributed by atoms with E-state index in [0.717, 1.165) is 5.56 Å². The van der Waals surface area contributed by atoms with E-state index in [2.05, 4.69) is 5.32 Å². The molecule has 0 spiro atoms. The molecule has 0 fully saturated rings. The Morgan fingerprint density at radius 2 is 1.95 bits per heavy atom. The first-order valence-electron chi connectivity index (χ1n) is 6.78. The van der Waals surface area contributed by atoms with Crippen LogP contribution in [0.5, 0.6) is 0 Å². The van der Waals surface area contributed by atoms with Gasteiger partial charge >= 0.3 is 5.97 Å². The lowest BCUT2D eigenvalue weighted by Gasteiger charge is -2.05. The first-order chi connectivity index (χ1) is 9.63. The van der Waals surface area contributed by atoms with E-state index in [4.69, 9.17) is 4.74 Å². The van der Waals surface area contributed by atoms with Crippen molar-refractivity contribution < 1.29 is 14.3 Å². The summed E-state index contributed by atoms with van der Waals surface area (Å²) in [7, 11) is 0. The fourth-order valence-corrected chi connectivity index (χ4v) is 1.65. The molecule has 108 valence electrons. The molecule has 0 heterocycles. The number of nitrogens with one attached hydrogen (secondary N) is 1. The molecular formula is C16H21NO3. The minimum Gasteiger partial charge on any atom is -0.466 e. The highest BCUT2D eigenvalue weighted by Gasteiger charge is 2.04. The second-order valence-corrected chi connectivity index (χ2v) is 4.40. The number of hydrogen-bond acceptors (Lipinski definition) is 3. The Balaban J connectivity index is 2.33. The van der Waals surface area contributed by atoms with Crippen LogP contribution in [0.3, 0.4) is 0 Å². The zero-order valence-corrected chi connectivity index (χ0v) is 12.0. The maximum atomic E-state index is 11.8. The molecule has 1 aromatic rings. The van der Waals surface area contributed by atoms with Crippen molar-refractivity contribution in [3.8, 4) is 0 Å². The van der Waals surface area contributed by atoms with Crippen LogP contribution in [0.1, 0.15) is 32.3 Å². The van der Waals surface area contributed by atoms with Gasteiger partial charge in [0.2, 0.25) is 5.91 Å². The number of carbonyl (C=O) groups excluding carboxylic acids is 2. The number of ether oxygens (including phenoxy) is 1. The van der Waals surface area contributed by atoms with E-state index in [1.807, 2.05) is 30.3 Å². The van der Waals surface area contributed by atoms with Gasteiger partial charge in [-0.1, -0.05) is 36.4 Å². The molecule has 0 saturated heterocycles. The van der Waals surface area contributed by atoms with E-state index in [1.165, 1.54) is 0 Å². The summed E-state index contributed by atoms with van der Waals surface area (Å²) in [6.07, 6.45) is 2.58. The molecule has 0 saturated carbocycles. The molecule has 0 atom stereocenters. The molecular weight excluding hydrogens is 254 g/mol. The quantitative estimate of drug-likeness (QED) is 0.614. The average molecular weight is 275 g/mol. The molecule has 0 aliphatic carbocycles. The lowest BCUT2D eigenvalue weighted by Crippen LogP contribution is -2.23. The van der Waals surface area contributed by atoms with Gasteiger partial charge in [0.25, 0.3) is 0 Å². The molecule has 0 bridgehead atoms. The summed E-state index contributed by atoms with van der Waals surface area (Å²) >= 11 is 0. The second-order valence-electron chi connectivity index (χ2n) is 4.40. The minimum atomic E-state index is -0.235. The Bertz CT molecular complexity index is 466. The number of hydrogen-bond donors (Lipinski definition) is 1. The Morgan fingerprint density at radius 1 is 1.25 bits per heavy atom. The molecule has 0 aliphatic rings. The number of carbonyl (C=O) groups is 2. The van der Waals surface area contributed by atoms with E-state index in [-0.39, 0.29) is 11.9 Å². The summed E-state index contributed by atoms with van der Waals surface area (Å²) in [6.45, 7) is 4.41. The van der Waals surface area contributed by atoms with Crippen molar-refractivity contribution in [2.45, 2.75) is 33.2 Å². The topological polar surface area (TPSA) is 55.4 Å². The maximum absolute atomic E-state index is 11.8. The van der Waals surface area contributed by atoms with E-state index >= 15 is 0 Å². The lowest BCUT2D eigenvalue weighted by atomic mass is 10.2. The van der Waals surface area contributed by atoms with Gasteiger partial charge in [0.1, 0.15) is 0 Å². The number of amides is 1. The van der Waals surface area contributed by atoms with Gasteiger partial charge in [-0.15, -0.1) is 0 Å². The number of benzene rings is 1. The Morgan fingerprint density at radius 3 is 2.60 bits per heavy atom. The van der Waals surface area contributed by atoms with Crippen molar-refractivity contribution >= 4 is 11.9 Å². The summed E-state index contributed by atoms with van der Waals surface area (Å²) < 4.78 is 4.82. The molecule has 20 heavy (non-hydrogen) atoms. The highest BCUT2D eigenvalue weighted by Crippen LogP contribution is 2.02. The number of esters is 1. The summed E-state index contributed by atoms with van der Waals surface area (Å²) in [6, 6.07) is 9.72. The Hall–Kier alpha value is -2.10. The average Bonchev–Trinajstić information content (AvgIpc) is 2.46. The lowest BCUT2D eigenvalue weighted by molar-refractivity contribution is -0.143. The van der Waals surface area contributed by atoms with E-state index in [1.54, 1.807) is 19.9 Å². The molecule has 0 radical (unpaired) electrons. The molecule has 1 N–H and O–H groups in total. The standard InChI is InChI=1S/C16H21NO3/c1-3-20-15(18)11-7-8-13(2)16(19)17-12-14-9-5-4-6-10-14/h4-6,8-10H,3,7,11-12H2,1-2H3,(H,17,19)/b13-8-. The molecule has 0 aliphatic heterocycles. The van der Waals surface area contributed by atoms with Crippen LogP contribution in [0.4, 0.5) is 0 Å². The highest BCUT2D eigenvalue weighted by molar-refractivity contribution is 5.92. The zero-order valence-electron chi connectivity index (χ0n) is 12.0. The van der Waals surface area contributed by atoms with Crippen LogP contribution in [0, 0.1) is 0 Å². The monoisotopic (exact) mass is 275 g/mol. The van der Waals surface area contributed by atoms with Crippen molar-refractivity contribution in [2.24, 2.45) is 0 Å². The molecule has 1 amide bonds. The number of rotatable bonds is 7. The minimum absolute atomic E-state index is 0.113. The summed E-state index contributed by atoms with van der Waals surface area (Å²) in [5.41, 5.74) is 1.67. The number of allylic oxidation sites excluding steroid dienone is 1. The van der Waals surface area contributed by atoms with Gasteiger partial charge in [-0.3, -0.25) is 9.59 Å². The molecule has 4 heteroatoms. The normalized spacial score (nSPS) is 11.0. The molecule has 0 aromatic heterocycles. The first-order valence-corrected chi connectivity index (χ1v) is 6.78. The third kappa shape index (κ3) is 6.18. The first kappa shape index (κ1) is 16.0. The van der Waals surface area contributed by atoms with Crippen molar-refractivity contribution in [2.75, 3.05) is 6.61 Å². The SMILES string of the molecule is CCOC(=O)CC/C=C(/C)C(=O)NCc1ccccc1. The van der Waals surface area contributed by atoms with Crippen LogP contribution in [-0.2, 0) is 20.9 Å².